The maximum absolute atomic E-state index is 12.7. The van der Waals surface area contributed by atoms with Crippen LogP contribution in [0.2, 0.25) is 0 Å². The Labute approximate surface area is 190 Å². The monoisotopic (exact) mass is 452 g/mol. The molecule has 7 nitrogen and oxygen atoms in total. The number of carbonyl (C=O) groups excluding carboxylic acids is 1. The van der Waals surface area contributed by atoms with Gasteiger partial charge in [-0.25, -0.2) is 4.98 Å². The highest BCUT2D eigenvalue weighted by Crippen LogP contribution is 2.36. The number of anilines is 2. The Bertz CT molecular complexity index is 903. The van der Waals surface area contributed by atoms with Crippen LogP contribution in [0.25, 0.3) is 0 Å². The van der Waals surface area contributed by atoms with E-state index in [4.69, 9.17) is 11.5 Å². The average Bonchev–Trinajstić information content (AvgIpc) is 2.63. The number of aromatic nitrogens is 2. The van der Waals surface area contributed by atoms with Gasteiger partial charge in [0, 0.05) is 37.7 Å². The van der Waals surface area contributed by atoms with Crippen LogP contribution >= 0.6 is 24.8 Å². The number of hydrogen-bond acceptors (Lipinski definition) is 6. The standard InChI is InChI=1S/C21H28N6O.2ClH/c1-13-3-4-15(7-14(13)2)11-27-6-5-26(12-20(27)28)19-10-18(24-21(23)25-19)16-8-17(22)9-16;;/h3-4,7,10,16-17H,5-6,8-9,11-12,22H2,1-2H3,(H2,23,24,25);2*1H. The number of benzene rings is 1. The molecule has 1 aliphatic heterocycles. The molecule has 1 aromatic carbocycles. The molecule has 2 aromatic rings. The summed E-state index contributed by atoms with van der Waals surface area (Å²) in [4.78, 5) is 25.4. The zero-order chi connectivity index (χ0) is 19.8. The third-order valence-electron chi connectivity index (χ3n) is 5.93. The molecule has 2 heterocycles. The number of nitrogens with zero attached hydrogens (tertiary/aromatic N) is 4. The highest BCUT2D eigenvalue weighted by Gasteiger charge is 2.30. The van der Waals surface area contributed by atoms with Crippen molar-refractivity contribution in [3.05, 3.63) is 46.6 Å². The minimum atomic E-state index is 0. The molecule has 0 unspecified atom stereocenters. The van der Waals surface area contributed by atoms with Crippen LogP contribution in [0.5, 0.6) is 0 Å². The first-order chi connectivity index (χ1) is 13.4. The van der Waals surface area contributed by atoms with Crippen LogP contribution in [-0.2, 0) is 11.3 Å². The zero-order valence-electron chi connectivity index (χ0n) is 17.4. The quantitative estimate of drug-likeness (QED) is 0.738. The number of carbonyl (C=O) groups is 1. The van der Waals surface area contributed by atoms with Gasteiger partial charge < -0.3 is 21.3 Å². The first-order valence-electron chi connectivity index (χ1n) is 9.88. The number of piperazine rings is 1. The average molecular weight is 453 g/mol. The zero-order valence-corrected chi connectivity index (χ0v) is 19.0. The summed E-state index contributed by atoms with van der Waals surface area (Å²) in [7, 11) is 0. The van der Waals surface area contributed by atoms with E-state index in [2.05, 4.69) is 42.0 Å². The lowest BCUT2D eigenvalue weighted by Crippen LogP contribution is -2.50. The number of aryl methyl sites for hydroxylation is 2. The lowest BCUT2D eigenvalue weighted by Gasteiger charge is -2.36. The summed E-state index contributed by atoms with van der Waals surface area (Å²) in [5.74, 6) is 1.45. The summed E-state index contributed by atoms with van der Waals surface area (Å²) in [6, 6.07) is 8.60. The van der Waals surface area contributed by atoms with Gasteiger partial charge in [-0.05, 0) is 43.4 Å². The Balaban J connectivity index is 0.00000160. The van der Waals surface area contributed by atoms with Crippen LogP contribution in [0.4, 0.5) is 11.8 Å². The Hall–Kier alpha value is -2.09. The molecule has 2 fully saturated rings. The SMILES string of the molecule is Cc1ccc(CN2CCN(c3cc(C4CC(N)C4)nc(N)n3)CC2=O)cc1C.Cl.Cl. The van der Waals surface area contributed by atoms with Gasteiger partial charge in [-0.1, -0.05) is 18.2 Å². The van der Waals surface area contributed by atoms with Gasteiger partial charge in [0.2, 0.25) is 11.9 Å². The Morgan fingerprint density at radius 1 is 1.07 bits per heavy atom. The van der Waals surface area contributed by atoms with Crippen molar-refractivity contribution >= 4 is 42.5 Å². The number of nitrogens with two attached hydrogens (primary N) is 2. The third-order valence-corrected chi connectivity index (χ3v) is 5.93. The van der Waals surface area contributed by atoms with Crippen LogP contribution in [-0.4, -0.2) is 46.5 Å². The van der Waals surface area contributed by atoms with E-state index >= 15 is 0 Å². The van der Waals surface area contributed by atoms with Crippen LogP contribution < -0.4 is 16.4 Å². The van der Waals surface area contributed by atoms with E-state index in [0.717, 1.165) is 30.9 Å². The van der Waals surface area contributed by atoms with Crippen molar-refractivity contribution < 1.29 is 4.79 Å². The fraction of sp³-hybridized carbons (Fsp3) is 0.476. The van der Waals surface area contributed by atoms with Crippen molar-refractivity contribution in [2.45, 2.75) is 45.2 Å². The molecule has 1 aliphatic carbocycles. The molecular weight excluding hydrogens is 423 g/mol. The molecule has 1 amide bonds. The van der Waals surface area contributed by atoms with E-state index in [9.17, 15) is 4.79 Å². The second-order valence-corrected chi connectivity index (χ2v) is 8.09. The van der Waals surface area contributed by atoms with Gasteiger partial charge in [0.15, 0.2) is 0 Å². The van der Waals surface area contributed by atoms with Gasteiger partial charge in [-0.2, -0.15) is 4.98 Å². The molecule has 0 spiro atoms. The van der Waals surface area contributed by atoms with Gasteiger partial charge in [-0.15, -0.1) is 24.8 Å². The van der Waals surface area contributed by atoms with E-state index in [-0.39, 0.29) is 42.7 Å². The highest BCUT2D eigenvalue weighted by atomic mass is 35.5. The van der Waals surface area contributed by atoms with Crippen molar-refractivity contribution in [3.63, 3.8) is 0 Å². The molecule has 0 radical (unpaired) electrons. The summed E-state index contributed by atoms with van der Waals surface area (Å²) in [5, 5.41) is 0. The number of rotatable bonds is 4. The highest BCUT2D eigenvalue weighted by molar-refractivity contribution is 5.85. The van der Waals surface area contributed by atoms with Gasteiger partial charge >= 0.3 is 0 Å². The normalized spacial score (nSPS) is 20.8. The topological polar surface area (TPSA) is 101 Å². The molecule has 9 heteroatoms. The summed E-state index contributed by atoms with van der Waals surface area (Å²) < 4.78 is 0. The fourth-order valence-corrected chi connectivity index (χ4v) is 3.94. The molecule has 4 rings (SSSR count). The minimum Gasteiger partial charge on any atom is -0.368 e. The Morgan fingerprint density at radius 3 is 2.43 bits per heavy atom. The second kappa shape index (κ2) is 9.81. The second-order valence-electron chi connectivity index (χ2n) is 8.09. The summed E-state index contributed by atoms with van der Waals surface area (Å²) in [6.07, 6.45) is 1.86. The van der Waals surface area contributed by atoms with Crippen LogP contribution in [0, 0.1) is 13.8 Å². The van der Waals surface area contributed by atoms with Crippen molar-refractivity contribution in [2.24, 2.45) is 5.73 Å². The summed E-state index contributed by atoms with van der Waals surface area (Å²) in [5.41, 5.74) is 16.5. The third kappa shape index (κ3) is 5.14. The summed E-state index contributed by atoms with van der Waals surface area (Å²) in [6.45, 7) is 6.55. The maximum atomic E-state index is 12.7. The first-order valence-corrected chi connectivity index (χ1v) is 9.88. The molecule has 0 atom stereocenters. The van der Waals surface area contributed by atoms with Crippen LogP contribution in [0.1, 0.15) is 41.1 Å². The van der Waals surface area contributed by atoms with Crippen LogP contribution in [0.15, 0.2) is 24.3 Å². The Morgan fingerprint density at radius 2 is 1.80 bits per heavy atom. The molecule has 0 bridgehead atoms. The van der Waals surface area contributed by atoms with Crippen molar-refractivity contribution in [2.75, 3.05) is 30.3 Å². The first kappa shape index (κ1) is 24.2. The van der Waals surface area contributed by atoms with Gasteiger partial charge in [-0.3, -0.25) is 4.79 Å². The molecule has 1 saturated carbocycles. The fourth-order valence-electron chi connectivity index (χ4n) is 3.94. The van der Waals surface area contributed by atoms with Crippen molar-refractivity contribution in [3.8, 4) is 0 Å². The van der Waals surface area contributed by atoms with Gasteiger partial charge in [0.1, 0.15) is 5.82 Å². The van der Waals surface area contributed by atoms with E-state index in [1.165, 1.54) is 16.7 Å². The molecule has 30 heavy (non-hydrogen) atoms. The van der Waals surface area contributed by atoms with Gasteiger partial charge in [0.25, 0.3) is 0 Å². The predicted octanol–water partition coefficient (Wildman–Crippen LogP) is 2.57. The van der Waals surface area contributed by atoms with E-state index < -0.39 is 0 Å². The van der Waals surface area contributed by atoms with Gasteiger partial charge in [0.05, 0.1) is 12.2 Å². The lowest BCUT2D eigenvalue weighted by atomic mass is 9.78. The smallest absolute Gasteiger partial charge is 0.242 e. The Kier molecular flexibility index (Phi) is 7.91. The molecular formula is C21H30Cl2N6O. The molecule has 1 aromatic heterocycles. The number of hydrogen-bond donors (Lipinski definition) is 2. The molecule has 2 aliphatic rings. The lowest BCUT2D eigenvalue weighted by molar-refractivity contribution is -0.131. The van der Waals surface area contributed by atoms with E-state index in [1.807, 2.05) is 15.9 Å². The summed E-state index contributed by atoms with van der Waals surface area (Å²) >= 11 is 0. The van der Waals surface area contributed by atoms with E-state index in [1.54, 1.807) is 0 Å². The maximum Gasteiger partial charge on any atom is 0.242 e. The van der Waals surface area contributed by atoms with Crippen molar-refractivity contribution in [1.29, 1.82) is 0 Å². The molecule has 4 N–H and O–H groups in total. The number of nitrogen functional groups attached to an aromatic ring is 1. The predicted molar refractivity (Wildman–Crippen MR) is 124 cm³/mol. The van der Waals surface area contributed by atoms with Crippen molar-refractivity contribution in [1.82, 2.24) is 14.9 Å². The largest absolute Gasteiger partial charge is 0.368 e. The minimum absolute atomic E-state index is 0. The van der Waals surface area contributed by atoms with Crippen LogP contribution in [0.3, 0.4) is 0 Å². The number of amides is 1. The number of halogens is 2. The van der Waals surface area contributed by atoms with E-state index in [0.29, 0.717) is 25.6 Å². The molecule has 1 saturated heterocycles. The molecule has 164 valence electrons.